The Labute approximate surface area is 171 Å². The third-order valence-electron chi connectivity index (χ3n) is 4.72. The number of hydrogen-bond acceptors (Lipinski definition) is 6. The normalized spacial score (nSPS) is 11.9. The number of aromatic nitrogens is 3. The molecule has 0 aliphatic rings. The Hall–Kier alpha value is -2.88. The van der Waals surface area contributed by atoms with E-state index in [2.05, 4.69) is 9.97 Å². The van der Waals surface area contributed by atoms with Gasteiger partial charge in [0.25, 0.3) is 15.7 Å². The van der Waals surface area contributed by atoms with Crippen molar-refractivity contribution < 1.29 is 13.0 Å². The van der Waals surface area contributed by atoms with Crippen LogP contribution in [-0.4, -0.2) is 27.5 Å². The molecule has 0 radical (unpaired) electrons. The topological polar surface area (TPSA) is 102 Å². The van der Waals surface area contributed by atoms with Crippen LogP contribution in [0.3, 0.4) is 0 Å². The molecule has 7 nitrogen and oxygen atoms in total. The van der Waals surface area contributed by atoms with Crippen molar-refractivity contribution in [3.63, 3.8) is 0 Å². The first-order valence-electron chi connectivity index (χ1n) is 8.70. The zero-order valence-corrected chi connectivity index (χ0v) is 17.5. The summed E-state index contributed by atoms with van der Waals surface area (Å²) >= 11 is 1.43. The molecule has 0 unspecified atom stereocenters. The van der Waals surface area contributed by atoms with Crippen LogP contribution in [0.25, 0.3) is 27.2 Å². The molecule has 0 saturated heterocycles. The van der Waals surface area contributed by atoms with Gasteiger partial charge in [-0.05, 0) is 45.0 Å². The first kappa shape index (κ1) is 19.4. The molecule has 2 aromatic heterocycles. The van der Waals surface area contributed by atoms with Gasteiger partial charge in [-0.25, -0.2) is 9.97 Å². The Morgan fingerprint density at radius 3 is 2.59 bits per heavy atom. The zero-order chi connectivity index (χ0) is 20.9. The van der Waals surface area contributed by atoms with Gasteiger partial charge in [-0.1, -0.05) is 17.7 Å². The number of thiazole rings is 1. The van der Waals surface area contributed by atoms with Gasteiger partial charge in [0, 0.05) is 11.1 Å². The summed E-state index contributed by atoms with van der Waals surface area (Å²) in [5.74, 6) is 0.402. The van der Waals surface area contributed by atoms with Crippen molar-refractivity contribution in [1.29, 1.82) is 0 Å². The lowest BCUT2D eigenvalue weighted by Gasteiger charge is -2.16. The maximum absolute atomic E-state index is 13.3. The van der Waals surface area contributed by atoms with Gasteiger partial charge in [0.15, 0.2) is 0 Å². The first-order chi connectivity index (χ1) is 13.7. The minimum atomic E-state index is -4.48. The largest absolute Gasteiger partial charge is 0.295 e. The SMILES string of the molecule is Cc1ccc(S(=O)(=O)O)c(-c2nc(C)n(-c3cccc4ncsc34)c(=O)c2C)c1. The summed E-state index contributed by atoms with van der Waals surface area (Å²) in [7, 11) is -4.48. The van der Waals surface area contributed by atoms with Crippen molar-refractivity contribution in [2.45, 2.75) is 25.7 Å². The third kappa shape index (κ3) is 3.27. The summed E-state index contributed by atoms with van der Waals surface area (Å²) in [5.41, 5.74) is 4.37. The predicted octanol–water partition coefficient (Wildman–Crippen LogP) is 3.68. The standard InChI is InChI=1S/C20H17N3O4S2/c1-11-7-8-17(29(25,26)27)14(9-11)18-12(2)20(24)23(13(3)22-18)16-6-4-5-15-19(16)28-10-21-15/h4-10H,1-3H3,(H,25,26,27). The van der Waals surface area contributed by atoms with Gasteiger partial charge in [-0.15, -0.1) is 11.3 Å². The minimum absolute atomic E-state index is 0.202. The smallest absolute Gasteiger partial charge is 0.282 e. The summed E-state index contributed by atoms with van der Waals surface area (Å²) in [6.07, 6.45) is 0. The molecule has 0 aliphatic heterocycles. The maximum atomic E-state index is 13.3. The molecule has 0 amide bonds. The van der Waals surface area contributed by atoms with Crippen LogP contribution in [0.1, 0.15) is 17.0 Å². The highest BCUT2D eigenvalue weighted by molar-refractivity contribution is 7.86. The molecule has 148 valence electrons. The summed E-state index contributed by atoms with van der Waals surface area (Å²) in [6.45, 7) is 5.09. The number of fused-ring (bicyclic) bond motifs is 1. The lowest BCUT2D eigenvalue weighted by Crippen LogP contribution is -2.25. The van der Waals surface area contributed by atoms with E-state index in [4.69, 9.17) is 0 Å². The molecule has 2 aromatic carbocycles. The molecule has 9 heteroatoms. The second-order valence-electron chi connectivity index (χ2n) is 6.73. The summed E-state index contributed by atoms with van der Waals surface area (Å²) < 4.78 is 35.7. The average molecular weight is 428 g/mol. The molecule has 1 N–H and O–H groups in total. The monoisotopic (exact) mass is 427 g/mol. The van der Waals surface area contributed by atoms with Gasteiger partial charge in [-0.3, -0.25) is 13.9 Å². The molecular formula is C20H17N3O4S2. The molecule has 29 heavy (non-hydrogen) atoms. The quantitative estimate of drug-likeness (QED) is 0.501. The fourth-order valence-corrected chi connectivity index (χ4v) is 4.83. The molecule has 4 aromatic rings. The molecule has 0 atom stereocenters. The van der Waals surface area contributed by atoms with E-state index in [0.717, 1.165) is 15.8 Å². The number of hydrogen-bond donors (Lipinski definition) is 1. The zero-order valence-electron chi connectivity index (χ0n) is 15.9. The Bertz CT molecular complexity index is 1440. The van der Waals surface area contributed by atoms with Gasteiger partial charge in [0.05, 0.1) is 27.1 Å². The van der Waals surface area contributed by atoms with Gasteiger partial charge >= 0.3 is 0 Å². The number of rotatable bonds is 3. The van der Waals surface area contributed by atoms with Crippen LogP contribution in [0.15, 0.2) is 51.6 Å². The van der Waals surface area contributed by atoms with E-state index in [-0.39, 0.29) is 27.3 Å². The third-order valence-corrected chi connectivity index (χ3v) is 6.50. The van der Waals surface area contributed by atoms with E-state index in [0.29, 0.717) is 11.5 Å². The van der Waals surface area contributed by atoms with E-state index in [9.17, 15) is 17.8 Å². The van der Waals surface area contributed by atoms with Crippen molar-refractivity contribution in [3.8, 4) is 16.9 Å². The van der Waals surface area contributed by atoms with Crippen LogP contribution >= 0.6 is 11.3 Å². The fourth-order valence-electron chi connectivity index (χ4n) is 3.36. The van der Waals surface area contributed by atoms with Gasteiger partial charge < -0.3 is 0 Å². The molecule has 0 bridgehead atoms. The molecule has 0 aliphatic carbocycles. The second kappa shape index (κ2) is 6.87. The van der Waals surface area contributed by atoms with E-state index in [1.807, 2.05) is 18.2 Å². The molecule has 2 heterocycles. The van der Waals surface area contributed by atoms with Crippen LogP contribution in [0.2, 0.25) is 0 Å². The van der Waals surface area contributed by atoms with Crippen LogP contribution < -0.4 is 5.56 Å². The van der Waals surface area contributed by atoms with Crippen LogP contribution in [-0.2, 0) is 10.1 Å². The number of benzene rings is 2. The van der Waals surface area contributed by atoms with E-state index < -0.39 is 10.1 Å². The summed E-state index contributed by atoms with van der Waals surface area (Å²) in [4.78, 5) is 21.9. The van der Waals surface area contributed by atoms with Gasteiger partial charge in [0.1, 0.15) is 10.7 Å². The molecular weight excluding hydrogens is 410 g/mol. The van der Waals surface area contributed by atoms with Gasteiger partial charge in [-0.2, -0.15) is 8.42 Å². The maximum Gasteiger partial charge on any atom is 0.295 e. The molecule has 0 spiro atoms. The Morgan fingerprint density at radius 2 is 1.86 bits per heavy atom. The molecule has 4 rings (SSSR count). The van der Waals surface area contributed by atoms with Crippen LogP contribution in [0, 0.1) is 20.8 Å². The number of nitrogens with zero attached hydrogens (tertiary/aromatic N) is 3. The van der Waals surface area contributed by atoms with Crippen molar-refractivity contribution >= 4 is 31.7 Å². The highest BCUT2D eigenvalue weighted by Crippen LogP contribution is 2.30. The first-order valence-corrected chi connectivity index (χ1v) is 11.0. The highest BCUT2D eigenvalue weighted by Gasteiger charge is 2.22. The second-order valence-corrected chi connectivity index (χ2v) is 8.97. The van der Waals surface area contributed by atoms with E-state index in [1.165, 1.54) is 22.0 Å². The van der Waals surface area contributed by atoms with Crippen molar-refractivity contribution in [1.82, 2.24) is 14.5 Å². The lowest BCUT2D eigenvalue weighted by molar-refractivity contribution is 0.483. The van der Waals surface area contributed by atoms with Crippen molar-refractivity contribution in [2.75, 3.05) is 0 Å². The molecule has 0 saturated carbocycles. The van der Waals surface area contributed by atoms with Crippen molar-refractivity contribution in [2.24, 2.45) is 0 Å². The predicted molar refractivity (Wildman–Crippen MR) is 112 cm³/mol. The average Bonchev–Trinajstić information content (AvgIpc) is 3.13. The molecule has 0 fully saturated rings. The highest BCUT2D eigenvalue weighted by atomic mass is 32.2. The summed E-state index contributed by atoms with van der Waals surface area (Å²) in [6, 6.07) is 10.0. The fraction of sp³-hybridized carbons (Fsp3) is 0.150. The minimum Gasteiger partial charge on any atom is -0.282 e. The van der Waals surface area contributed by atoms with Gasteiger partial charge in [0.2, 0.25) is 0 Å². The lowest BCUT2D eigenvalue weighted by atomic mass is 10.0. The van der Waals surface area contributed by atoms with Crippen LogP contribution in [0.5, 0.6) is 0 Å². The summed E-state index contributed by atoms with van der Waals surface area (Å²) in [5, 5.41) is 0. The Morgan fingerprint density at radius 1 is 1.10 bits per heavy atom. The van der Waals surface area contributed by atoms with E-state index >= 15 is 0 Å². The Balaban J connectivity index is 2.04. The number of aryl methyl sites for hydroxylation is 2. The Kier molecular flexibility index (Phi) is 4.60. The van der Waals surface area contributed by atoms with Crippen molar-refractivity contribution in [3.05, 3.63) is 69.2 Å². The van der Waals surface area contributed by atoms with E-state index in [1.54, 1.807) is 38.4 Å². The van der Waals surface area contributed by atoms with Crippen LogP contribution in [0.4, 0.5) is 0 Å².